The molecule has 2 aromatic rings. The molecule has 1 aliphatic rings. The monoisotopic (exact) mass is 365 g/mol. The molecule has 9 heteroatoms. The fourth-order valence-corrected chi connectivity index (χ4v) is 4.84. The number of hydrogen-bond acceptors (Lipinski definition) is 6. The number of nitro benzene ring substituents is 1. The van der Waals surface area contributed by atoms with E-state index in [0.29, 0.717) is 30.8 Å². The zero-order chi connectivity index (χ0) is 18.2. The van der Waals surface area contributed by atoms with Crippen LogP contribution in [0.1, 0.15) is 50.1 Å². The number of para-hydroxylation sites is 1. The van der Waals surface area contributed by atoms with Crippen LogP contribution in [0.5, 0.6) is 0 Å². The molecule has 0 spiro atoms. The number of benzene rings is 1. The Morgan fingerprint density at radius 1 is 1.36 bits per heavy atom. The highest BCUT2D eigenvalue weighted by Gasteiger charge is 2.40. The normalized spacial score (nSPS) is 18.8. The predicted molar refractivity (Wildman–Crippen MR) is 89.6 cm³/mol. The van der Waals surface area contributed by atoms with E-state index in [1.54, 1.807) is 6.07 Å². The van der Waals surface area contributed by atoms with Crippen molar-refractivity contribution in [3.63, 3.8) is 0 Å². The summed E-state index contributed by atoms with van der Waals surface area (Å²) in [5.74, 6) is 0.827. The topological polar surface area (TPSA) is 107 Å². The van der Waals surface area contributed by atoms with Gasteiger partial charge in [0.1, 0.15) is 11.5 Å². The molecular weight excluding hydrogens is 346 g/mol. The summed E-state index contributed by atoms with van der Waals surface area (Å²) in [4.78, 5) is 10.2. The first-order valence-electron chi connectivity index (χ1n) is 8.04. The summed E-state index contributed by atoms with van der Waals surface area (Å²) in [5.41, 5.74) is 0.125. The summed E-state index contributed by atoms with van der Waals surface area (Å²) in [6.07, 6.45) is 1.26. The van der Waals surface area contributed by atoms with Gasteiger partial charge in [-0.05, 0) is 18.9 Å². The lowest BCUT2D eigenvalue weighted by molar-refractivity contribution is -0.387. The average molecular weight is 365 g/mol. The van der Waals surface area contributed by atoms with Gasteiger partial charge < -0.3 is 4.52 Å². The fraction of sp³-hybridized carbons (Fsp3) is 0.438. The van der Waals surface area contributed by atoms with Gasteiger partial charge >= 0.3 is 0 Å². The van der Waals surface area contributed by atoms with Crippen LogP contribution in [0.3, 0.4) is 0 Å². The van der Waals surface area contributed by atoms with Gasteiger partial charge in [-0.25, -0.2) is 8.42 Å². The van der Waals surface area contributed by atoms with Crippen molar-refractivity contribution >= 4 is 15.7 Å². The number of hydrogen-bond donors (Lipinski definition) is 0. The average Bonchev–Trinajstić information content (AvgIpc) is 3.23. The minimum absolute atomic E-state index is 0.142. The van der Waals surface area contributed by atoms with E-state index >= 15 is 0 Å². The largest absolute Gasteiger partial charge is 0.361 e. The molecule has 0 N–H and O–H groups in total. The van der Waals surface area contributed by atoms with E-state index in [9.17, 15) is 18.5 Å². The van der Waals surface area contributed by atoms with E-state index in [0.717, 1.165) is 0 Å². The quantitative estimate of drug-likeness (QED) is 0.595. The van der Waals surface area contributed by atoms with Crippen LogP contribution in [-0.2, 0) is 10.0 Å². The van der Waals surface area contributed by atoms with Crippen molar-refractivity contribution in [1.29, 1.82) is 0 Å². The van der Waals surface area contributed by atoms with Crippen LogP contribution in [0, 0.1) is 10.1 Å². The van der Waals surface area contributed by atoms with Gasteiger partial charge in [-0.1, -0.05) is 31.1 Å². The second-order valence-electron chi connectivity index (χ2n) is 6.31. The maximum absolute atomic E-state index is 13.0. The molecule has 1 aromatic heterocycles. The van der Waals surface area contributed by atoms with Crippen molar-refractivity contribution in [3.8, 4) is 0 Å². The van der Waals surface area contributed by atoms with Crippen LogP contribution in [-0.4, -0.2) is 29.3 Å². The van der Waals surface area contributed by atoms with Crippen molar-refractivity contribution < 1.29 is 17.9 Å². The van der Waals surface area contributed by atoms with E-state index in [-0.39, 0.29) is 10.8 Å². The standard InChI is InChI=1S/C16H19N3O5S/c1-11(2)15-10-12(17-24-15)13-7-5-9-18(13)25(22,23)16-8-4-3-6-14(16)19(20)21/h3-4,6,8,10-11,13H,5,7,9H2,1-2H3/t13-/m1/s1. The molecule has 25 heavy (non-hydrogen) atoms. The summed E-state index contributed by atoms with van der Waals surface area (Å²) in [6, 6.07) is 6.70. The molecule has 0 amide bonds. The van der Waals surface area contributed by atoms with Crippen LogP contribution in [0.15, 0.2) is 39.8 Å². The molecule has 0 saturated carbocycles. The first-order chi connectivity index (χ1) is 11.8. The lowest BCUT2D eigenvalue weighted by Gasteiger charge is -2.22. The summed E-state index contributed by atoms with van der Waals surface area (Å²) in [5, 5.41) is 15.2. The Labute approximate surface area is 145 Å². The van der Waals surface area contributed by atoms with Gasteiger partial charge in [0.25, 0.3) is 15.7 Å². The Kier molecular flexibility index (Phi) is 4.61. The lowest BCUT2D eigenvalue weighted by atomic mass is 10.1. The van der Waals surface area contributed by atoms with Crippen molar-refractivity contribution in [3.05, 3.63) is 51.9 Å². The Balaban J connectivity index is 2.00. The van der Waals surface area contributed by atoms with Gasteiger partial charge in [0, 0.05) is 24.6 Å². The highest BCUT2D eigenvalue weighted by Crippen LogP contribution is 2.38. The highest BCUT2D eigenvalue weighted by molar-refractivity contribution is 7.89. The molecule has 8 nitrogen and oxygen atoms in total. The third-order valence-electron chi connectivity index (χ3n) is 4.31. The summed E-state index contributed by atoms with van der Waals surface area (Å²) >= 11 is 0. The Hall–Kier alpha value is -2.26. The second-order valence-corrected chi connectivity index (χ2v) is 8.17. The molecule has 1 aromatic carbocycles. The Morgan fingerprint density at radius 2 is 2.08 bits per heavy atom. The minimum Gasteiger partial charge on any atom is -0.361 e. The first kappa shape index (κ1) is 17.6. The number of sulfonamides is 1. The van der Waals surface area contributed by atoms with E-state index in [2.05, 4.69) is 5.16 Å². The van der Waals surface area contributed by atoms with Crippen molar-refractivity contribution in [2.24, 2.45) is 0 Å². The number of rotatable bonds is 5. The smallest absolute Gasteiger partial charge is 0.289 e. The molecule has 134 valence electrons. The maximum atomic E-state index is 13.0. The number of nitro groups is 1. The van der Waals surface area contributed by atoms with Gasteiger partial charge in [-0.3, -0.25) is 10.1 Å². The zero-order valence-corrected chi connectivity index (χ0v) is 14.8. The van der Waals surface area contributed by atoms with Gasteiger partial charge in [-0.15, -0.1) is 0 Å². The van der Waals surface area contributed by atoms with E-state index in [4.69, 9.17) is 4.52 Å². The van der Waals surface area contributed by atoms with Crippen molar-refractivity contribution in [2.45, 2.75) is 43.5 Å². The molecule has 1 aliphatic heterocycles. The van der Waals surface area contributed by atoms with E-state index in [1.807, 2.05) is 13.8 Å². The Morgan fingerprint density at radius 3 is 2.72 bits per heavy atom. The third-order valence-corrected chi connectivity index (χ3v) is 6.26. The van der Waals surface area contributed by atoms with Crippen LogP contribution in [0.2, 0.25) is 0 Å². The molecular formula is C16H19N3O5S. The zero-order valence-electron chi connectivity index (χ0n) is 14.0. The number of nitrogens with zero attached hydrogens (tertiary/aromatic N) is 3. The van der Waals surface area contributed by atoms with E-state index in [1.165, 1.54) is 28.6 Å². The molecule has 2 heterocycles. The third kappa shape index (κ3) is 3.16. The predicted octanol–water partition coefficient (Wildman–Crippen LogP) is 3.23. The van der Waals surface area contributed by atoms with Gasteiger partial charge in [0.2, 0.25) is 0 Å². The van der Waals surface area contributed by atoms with Crippen LogP contribution < -0.4 is 0 Å². The van der Waals surface area contributed by atoms with Gasteiger partial charge in [0.15, 0.2) is 4.90 Å². The van der Waals surface area contributed by atoms with Crippen molar-refractivity contribution in [1.82, 2.24) is 9.46 Å². The molecule has 1 saturated heterocycles. The number of aromatic nitrogens is 1. The Bertz CT molecular complexity index is 891. The molecule has 0 radical (unpaired) electrons. The minimum atomic E-state index is -4.01. The van der Waals surface area contributed by atoms with Crippen molar-refractivity contribution in [2.75, 3.05) is 6.54 Å². The lowest BCUT2D eigenvalue weighted by Crippen LogP contribution is -2.31. The molecule has 0 unspecified atom stereocenters. The van der Waals surface area contributed by atoms with Gasteiger partial charge in [-0.2, -0.15) is 4.31 Å². The molecule has 1 fully saturated rings. The molecule has 0 aliphatic carbocycles. The van der Waals surface area contributed by atoms with E-state index < -0.39 is 26.7 Å². The molecule has 0 bridgehead atoms. The fourth-order valence-electron chi connectivity index (χ4n) is 3.01. The SMILES string of the molecule is CC(C)c1cc([C@H]2CCCN2S(=O)(=O)c2ccccc2[N+](=O)[O-])no1. The summed E-state index contributed by atoms with van der Waals surface area (Å²) in [6.45, 7) is 4.21. The summed E-state index contributed by atoms with van der Waals surface area (Å²) in [7, 11) is -4.01. The maximum Gasteiger partial charge on any atom is 0.289 e. The molecule has 3 rings (SSSR count). The van der Waals surface area contributed by atoms with Crippen LogP contribution in [0.4, 0.5) is 5.69 Å². The van der Waals surface area contributed by atoms with Crippen LogP contribution in [0.25, 0.3) is 0 Å². The highest BCUT2D eigenvalue weighted by atomic mass is 32.2. The second kappa shape index (κ2) is 6.57. The van der Waals surface area contributed by atoms with Gasteiger partial charge in [0.05, 0.1) is 11.0 Å². The molecule has 1 atom stereocenters. The summed E-state index contributed by atoms with van der Waals surface area (Å²) < 4.78 is 32.7. The van der Waals surface area contributed by atoms with Crippen LogP contribution >= 0.6 is 0 Å². The first-order valence-corrected chi connectivity index (χ1v) is 9.48.